The molecule has 1 saturated heterocycles. The van der Waals surface area contributed by atoms with Crippen molar-refractivity contribution in [2.24, 2.45) is 0 Å². The molecule has 8 nitrogen and oxygen atoms in total. The molecular weight excluding hydrogens is 439 g/mol. The Kier molecular flexibility index (Phi) is 8.19. The van der Waals surface area contributed by atoms with E-state index in [4.69, 9.17) is 9.47 Å². The highest BCUT2D eigenvalue weighted by Gasteiger charge is 2.34. The quantitative estimate of drug-likeness (QED) is 0.520. The van der Waals surface area contributed by atoms with Crippen LogP contribution in [0.4, 0.5) is 4.39 Å². The highest BCUT2D eigenvalue weighted by atomic mass is 32.2. The Hall–Kier alpha value is -2.53. The van der Waals surface area contributed by atoms with E-state index in [0.717, 1.165) is 0 Å². The summed E-state index contributed by atoms with van der Waals surface area (Å²) in [6, 6.07) is 11.1. The van der Waals surface area contributed by atoms with Gasteiger partial charge in [0.05, 0.1) is 42.4 Å². The fourth-order valence-electron chi connectivity index (χ4n) is 3.59. The van der Waals surface area contributed by atoms with Crippen molar-refractivity contribution < 1.29 is 32.2 Å². The SMILES string of the molecule is COc1ccc(S(=O)(=O)N[C@H]2CC[C@H](CCNC(=O)c3ccccc3F)O[C@@H]2CO)cc1. The monoisotopic (exact) mass is 466 g/mol. The van der Waals surface area contributed by atoms with E-state index in [-0.39, 0.29) is 29.7 Å². The summed E-state index contributed by atoms with van der Waals surface area (Å²) in [5.74, 6) is -0.558. The number of halogens is 1. The van der Waals surface area contributed by atoms with Crippen LogP contribution in [0, 0.1) is 5.82 Å². The molecule has 32 heavy (non-hydrogen) atoms. The van der Waals surface area contributed by atoms with E-state index in [2.05, 4.69) is 10.0 Å². The molecule has 1 amide bonds. The molecule has 1 fully saturated rings. The third-order valence-corrected chi connectivity index (χ3v) is 6.85. The van der Waals surface area contributed by atoms with Gasteiger partial charge in [-0.1, -0.05) is 12.1 Å². The predicted octanol–water partition coefficient (Wildman–Crippen LogP) is 1.84. The number of hydrogen-bond acceptors (Lipinski definition) is 6. The van der Waals surface area contributed by atoms with Crippen LogP contribution in [0.5, 0.6) is 5.75 Å². The van der Waals surface area contributed by atoms with Crippen molar-refractivity contribution in [1.82, 2.24) is 10.0 Å². The van der Waals surface area contributed by atoms with Gasteiger partial charge in [0.1, 0.15) is 11.6 Å². The van der Waals surface area contributed by atoms with Gasteiger partial charge >= 0.3 is 0 Å². The molecule has 2 aromatic rings. The second-order valence-electron chi connectivity index (χ2n) is 7.48. The minimum absolute atomic E-state index is 0.0294. The van der Waals surface area contributed by atoms with Crippen molar-refractivity contribution >= 4 is 15.9 Å². The van der Waals surface area contributed by atoms with Gasteiger partial charge in [-0.25, -0.2) is 17.5 Å². The average Bonchev–Trinajstić information content (AvgIpc) is 2.80. The summed E-state index contributed by atoms with van der Waals surface area (Å²) in [6.07, 6.45) is 0.474. The lowest BCUT2D eigenvalue weighted by Gasteiger charge is -2.36. The smallest absolute Gasteiger partial charge is 0.254 e. The molecular formula is C22H27FN2O6S. The molecule has 3 rings (SSSR count). The third kappa shape index (κ3) is 6.04. The number of carbonyl (C=O) groups is 1. The summed E-state index contributed by atoms with van der Waals surface area (Å²) in [5, 5.41) is 12.4. The molecule has 0 spiro atoms. The van der Waals surface area contributed by atoms with Gasteiger partial charge in [0.15, 0.2) is 0 Å². The highest BCUT2D eigenvalue weighted by molar-refractivity contribution is 7.89. The van der Waals surface area contributed by atoms with E-state index in [1.54, 1.807) is 18.2 Å². The molecule has 1 aliphatic heterocycles. The van der Waals surface area contributed by atoms with Crippen LogP contribution in [0.1, 0.15) is 29.6 Å². The minimum Gasteiger partial charge on any atom is -0.497 e. The third-order valence-electron chi connectivity index (χ3n) is 5.34. The summed E-state index contributed by atoms with van der Waals surface area (Å²) >= 11 is 0. The van der Waals surface area contributed by atoms with Gasteiger partial charge in [-0.2, -0.15) is 0 Å². The molecule has 0 bridgehead atoms. The van der Waals surface area contributed by atoms with Crippen LogP contribution in [-0.4, -0.2) is 57.9 Å². The number of benzene rings is 2. The van der Waals surface area contributed by atoms with E-state index in [9.17, 15) is 22.7 Å². The zero-order valence-corrected chi connectivity index (χ0v) is 18.5. The van der Waals surface area contributed by atoms with Crippen molar-refractivity contribution in [3.63, 3.8) is 0 Å². The van der Waals surface area contributed by atoms with E-state index < -0.39 is 33.9 Å². The lowest BCUT2D eigenvalue weighted by Crippen LogP contribution is -2.51. The molecule has 0 aromatic heterocycles. The van der Waals surface area contributed by atoms with Crippen LogP contribution in [0.25, 0.3) is 0 Å². The van der Waals surface area contributed by atoms with E-state index >= 15 is 0 Å². The Morgan fingerprint density at radius 2 is 1.91 bits per heavy atom. The maximum absolute atomic E-state index is 13.7. The minimum atomic E-state index is -3.80. The maximum atomic E-state index is 13.7. The summed E-state index contributed by atoms with van der Waals surface area (Å²) in [5.41, 5.74) is -0.0294. The number of nitrogens with one attached hydrogen (secondary N) is 2. The molecule has 3 N–H and O–H groups in total. The van der Waals surface area contributed by atoms with Crippen molar-refractivity contribution in [3.05, 3.63) is 59.9 Å². The largest absolute Gasteiger partial charge is 0.497 e. The molecule has 0 aliphatic carbocycles. The van der Waals surface area contributed by atoms with Crippen LogP contribution in [0.15, 0.2) is 53.4 Å². The molecule has 10 heteroatoms. The Labute approximate surface area is 186 Å². The standard InChI is InChI=1S/C22H27FN2O6S/c1-30-15-6-9-17(10-7-15)32(28,29)25-20-11-8-16(31-21(20)14-26)12-13-24-22(27)18-4-2-3-5-19(18)23/h2-7,9-10,16,20-21,25-26H,8,11-14H2,1H3,(H,24,27)/t16-,20+,21-/m1/s1. The first-order valence-corrected chi connectivity index (χ1v) is 11.8. The molecule has 0 unspecified atom stereocenters. The van der Waals surface area contributed by atoms with Crippen molar-refractivity contribution in [3.8, 4) is 5.75 Å². The topological polar surface area (TPSA) is 114 Å². The molecule has 1 heterocycles. The molecule has 3 atom stereocenters. The van der Waals surface area contributed by atoms with Gasteiger partial charge in [0, 0.05) is 6.54 Å². The molecule has 0 radical (unpaired) electrons. The van der Waals surface area contributed by atoms with Gasteiger partial charge < -0.3 is 19.9 Å². The van der Waals surface area contributed by atoms with E-state index in [1.807, 2.05) is 0 Å². The number of carbonyl (C=O) groups excluding carboxylic acids is 1. The fourth-order valence-corrected chi connectivity index (χ4v) is 4.89. The number of aliphatic hydroxyl groups excluding tert-OH is 1. The van der Waals surface area contributed by atoms with Crippen molar-refractivity contribution in [2.75, 3.05) is 20.3 Å². The van der Waals surface area contributed by atoms with Crippen LogP contribution in [0.3, 0.4) is 0 Å². The van der Waals surface area contributed by atoms with Crippen LogP contribution >= 0.6 is 0 Å². The van der Waals surface area contributed by atoms with E-state index in [0.29, 0.717) is 25.0 Å². The second-order valence-corrected chi connectivity index (χ2v) is 9.20. The van der Waals surface area contributed by atoms with Crippen molar-refractivity contribution in [2.45, 2.75) is 42.4 Å². The normalized spacial score (nSPS) is 21.2. The summed E-state index contributed by atoms with van der Waals surface area (Å²) in [4.78, 5) is 12.2. The summed E-state index contributed by atoms with van der Waals surface area (Å²) in [6.45, 7) is -0.0912. The number of ether oxygens (including phenoxy) is 2. The second kappa shape index (κ2) is 10.9. The average molecular weight is 467 g/mol. The van der Waals surface area contributed by atoms with Crippen LogP contribution in [0.2, 0.25) is 0 Å². The lowest BCUT2D eigenvalue weighted by molar-refractivity contribution is -0.0871. The van der Waals surface area contributed by atoms with Gasteiger partial charge in [0.25, 0.3) is 5.91 Å². The molecule has 174 valence electrons. The van der Waals surface area contributed by atoms with Crippen molar-refractivity contribution in [1.29, 1.82) is 0 Å². The number of hydrogen-bond donors (Lipinski definition) is 3. The number of sulfonamides is 1. The summed E-state index contributed by atoms with van der Waals surface area (Å²) in [7, 11) is -2.30. The Balaban J connectivity index is 1.52. The van der Waals surface area contributed by atoms with Crippen LogP contribution < -0.4 is 14.8 Å². The molecule has 0 saturated carbocycles. The van der Waals surface area contributed by atoms with Gasteiger partial charge in [0.2, 0.25) is 10.0 Å². The Bertz CT molecular complexity index is 1020. The predicted molar refractivity (Wildman–Crippen MR) is 115 cm³/mol. The first-order valence-electron chi connectivity index (χ1n) is 10.3. The maximum Gasteiger partial charge on any atom is 0.254 e. The Morgan fingerprint density at radius 3 is 2.56 bits per heavy atom. The van der Waals surface area contributed by atoms with Gasteiger partial charge in [-0.15, -0.1) is 0 Å². The first kappa shape index (κ1) is 24.1. The van der Waals surface area contributed by atoms with E-state index in [1.165, 1.54) is 37.4 Å². The number of aliphatic hydroxyl groups is 1. The van der Waals surface area contributed by atoms with Gasteiger partial charge in [-0.3, -0.25) is 4.79 Å². The molecule has 1 aliphatic rings. The highest BCUT2D eigenvalue weighted by Crippen LogP contribution is 2.24. The first-order chi connectivity index (χ1) is 15.3. The number of rotatable bonds is 9. The molecule has 2 aromatic carbocycles. The zero-order valence-electron chi connectivity index (χ0n) is 17.7. The summed E-state index contributed by atoms with van der Waals surface area (Å²) < 4.78 is 52.6. The number of amides is 1. The fraction of sp³-hybridized carbons (Fsp3) is 0.409. The van der Waals surface area contributed by atoms with Gasteiger partial charge in [-0.05, 0) is 55.7 Å². The lowest BCUT2D eigenvalue weighted by atomic mass is 9.98. The number of methoxy groups -OCH3 is 1. The Morgan fingerprint density at radius 1 is 1.19 bits per heavy atom. The van der Waals surface area contributed by atoms with Crippen LogP contribution in [-0.2, 0) is 14.8 Å². The zero-order chi connectivity index (χ0) is 23.1.